The second-order valence-electron chi connectivity index (χ2n) is 4.50. The average Bonchev–Trinajstić information content (AvgIpc) is 2.91. The Kier molecular flexibility index (Phi) is 4.86. The Balaban J connectivity index is 2.00. The molecule has 1 heterocycles. The first kappa shape index (κ1) is 15.1. The number of sulfonamides is 1. The lowest BCUT2D eigenvalue weighted by molar-refractivity contribution is 0.441. The zero-order valence-electron chi connectivity index (χ0n) is 11.1. The molecule has 20 heavy (non-hydrogen) atoms. The summed E-state index contributed by atoms with van der Waals surface area (Å²) in [6.45, 7) is 0.375. The first-order valence-corrected chi connectivity index (χ1v) is 8.17. The van der Waals surface area contributed by atoms with Crippen molar-refractivity contribution in [3.05, 3.63) is 59.0 Å². The highest BCUT2D eigenvalue weighted by Gasteiger charge is 2.19. The molecule has 2 rings (SSSR count). The molecule has 0 spiro atoms. The van der Waals surface area contributed by atoms with Crippen molar-refractivity contribution in [3.63, 3.8) is 0 Å². The number of nitrogens with zero attached hydrogens (tertiary/aromatic N) is 1. The zero-order chi connectivity index (χ0) is 14.6. The molecule has 0 saturated heterocycles. The van der Waals surface area contributed by atoms with Crippen molar-refractivity contribution in [3.8, 4) is 0 Å². The fourth-order valence-corrected chi connectivity index (χ4v) is 3.30. The summed E-state index contributed by atoms with van der Waals surface area (Å²) in [7, 11) is -1.82. The van der Waals surface area contributed by atoms with Gasteiger partial charge in [-0.3, -0.25) is 0 Å². The van der Waals surface area contributed by atoms with Gasteiger partial charge in [0.1, 0.15) is 5.76 Å². The molecule has 108 valence electrons. The van der Waals surface area contributed by atoms with Gasteiger partial charge in [0, 0.05) is 25.0 Å². The Bertz CT molecular complexity index is 653. The SMILES string of the molecule is CN(CCc1ccco1)S(=O)(=O)Cc1ccccc1Cl. The van der Waals surface area contributed by atoms with Gasteiger partial charge in [0.05, 0.1) is 12.0 Å². The van der Waals surface area contributed by atoms with Crippen LogP contribution in [0.15, 0.2) is 47.1 Å². The summed E-state index contributed by atoms with van der Waals surface area (Å²) in [5.74, 6) is 0.672. The number of benzene rings is 1. The maximum Gasteiger partial charge on any atom is 0.218 e. The lowest BCUT2D eigenvalue weighted by Gasteiger charge is -2.17. The molecular weight excluding hydrogens is 298 g/mol. The van der Waals surface area contributed by atoms with E-state index in [0.717, 1.165) is 5.76 Å². The van der Waals surface area contributed by atoms with Crippen LogP contribution >= 0.6 is 11.6 Å². The summed E-state index contributed by atoms with van der Waals surface area (Å²) in [5.41, 5.74) is 0.610. The van der Waals surface area contributed by atoms with Crippen molar-refractivity contribution in [1.82, 2.24) is 4.31 Å². The fourth-order valence-electron chi connectivity index (χ4n) is 1.78. The average molecular weight is 314 g/mol. The van der Waals surface area contributed by atoms with E-state index < -0.39 is 10.0 Å². The molecule has 6 heteroatoms. The Morgan fingerprint density at radius 3 is 2.60 bits per heavy atom. The standard InChI is InChI=1S/C14H16ClNO3S/c1-16(9-8-13-6-4-10-19-13)20(17,18)11-12-5-2-3-7-14(12)15/h2-7,10H,8-9,11H2,1H3. The van der Waals surface area contributed by atoms with Crippen LogP contribution < -0.4 is 0 Å². The largest absolute Gasteiger partial charge is 0.469 e. The Morgan fingerprint density at radius 1 is 1.20 bits per heavy atom. The minimum Gasteiger partial charge on any atom is -0.469 e. The predicted octanol–water partition coefficient (Wildman–Crippen LogP) is 2.94. The normalized spacial score (nSPS) is 11.9. The van der Waals surface area contributed by atoms with E-state index in [1.54, 1.807) is 43.6 Å². The summed E-state index contributed by atoms with van der Waals surface area (Å²) < 4.78 is 31.0. The van der Waals surface area contributed by atoms with Crippen LogP contribution in [0.25, 0.3) is 0 Å². The van der Waals surface area contributed by atoms with Gasteiger partial charge in [-0.25, -0.2) is 12.7 Å². The monoisotopic (exact) mass is 313 g/mol. The van der Waals surface area contributed by atoms with Gasteiger partial charge in [-0.15, -0.1) is 0 Å². The number of halogens is 1. The summed E-state index contributed by atoms with van der Waals surface area (Å²) in [6, 6.07) is 10.6. The molecule has 0 aliphatic carbocycles. The molecule has 0 radical (unpaired) electrons. The van der Waals surface area contributed by atoms with E-state index in [9.17, 15) is 8.42 Å². The fraction of sp³-hybridized carbons (Fsp3) is 0.286. The van der Waals surface area contributed by atoms with Crippen molar-refractivity contribution < 1.29 is 12.8 Å². The van der Waals surface area contributed by atoms with Crippen molar-refractivity contribution >= 4 is 21.6 Å². The summed E-state index contributed by atoms with van der Waals surface area (Å²) >= 11 is 6.00. The number of hydrogen-bond donors (Lipinski definition) is 0. The highest BCUT2D eigenvalue weighted by molar-refractivity contribution is 7.88. The summed E-state index contributed by atoms with van der Waals surface area (Å²) in [4.78, 5) is 0. The molecule has 0 amide bonds. The number of rotatable bonds is 6. The van der Waals surface area contributed by atoms with Crippen LogP contribution in [-0.4, -0.2) is 26.3 Å². The Morgan fingerprint density at radius 2 is 1.95 bits per heavy atom. The van der Waals surface area contributed by atoms with E-state index in [2.05, 4.69) is 0 Å². The van der Waals surface area contributed by atoms with Gasteiger partial charge in [0.25, 0.3) is 0 Å². The van der Waals surface area contributed by atoms with E-state index in [4.69, 9.17) is 16.0 Å². The molecule has 0 N–H and O–H groups in total. The van der Waals surface area contributed by atoms with E-state index in [0.29, 0.717) is 23.6 Å². The van der Waals surface area contributed by atoms with Crippen LogP contribution in [0.3, 0.4) is 0 Å². The van der Waals surface area contributed by atoms with Gasteiger partial charge < -0.3 is 4.42 Å². The van der Waals surface area contributed by atoms with Gasteiger partial charge >= 0.3 is 0 Å². The van der Waals surface area contributed by atoms with Crippen molar-refractivity contribution in [2.24, 2.45) is 0 Å². The molecule has 0 atom stereocenters. The van der Waals surface area contributed by atoms with Crippen LogP contribution in [0.4, 0.5) is 0 Å². The molecule has 1 aromatic heterocycles. The maximum absolute atomic E-state index is 12.2. The molecule has 0 saturated carbocycles. The molecule has 0 aliphatic rings. The second kappa shape index (κ2) is 6.43. The number of likely N-dealkylation sites (N-methyl/N-ethyl adjacent to an activating group) is 1. The third kappa shape index (κ3) is 3.85. The quantitative estimate of drug-likeness (QED) is 0.824. The Labute approximate surface area is 124 Å². The third-order valence-corrected chi connectivity index (χ3v) is 5.20. The molecule has 0 unspecified atom stereocenters. The minimum absolute atomic E-state index is 0.0959. The van der Waals surface area contributed by atoms with E-state index in [1.807, 2.05) is 6.07 Å². The predicted molar refractivity (Wildman–Crippen MR) is 79.1 cm³/mol. The van der Waals surface area contributed by atoms with Gasteiger partial charge in [-0.05, 0) is 23.8 Å². The van der Waals surface area contributed by atoms with Gasteiger partial charge in [-0.1, -0.05) is 29.8 Å². The van der Waals surface area contributed by atoms with Crippen molar-refractivity contribution in [1.29, 1.82) is 0 Å². The molecular formula is C14H16ClNO3S. The van der Waals surface area contributed by atoms with Gasteiger partial charge in [0.15, 0.2) is 0 Å². The molecule has 0 bridgehead atoms. The third-order valence-electron chi connectivity index (χ3n) is 3.02. The first-order chi connectivity index (χ1) is 9.49. The molecule has 0 aliphatic heterocycles. The first-order valence-electron chi connectivity index (χ1n) is 6.19. The lowest BCUT2D eigenvalue weighted by Crippen LogP contribution is -2.30. The van der Waals surface area contributed by atoms with Crippen LogP contribution in [0, 0.1) is 0 Å². The highest BCUT2D eigenvalue weighted by Crippen LogP contribution is 2.19. The molecule has 0 fully saturated rings. The van der Waals surface area contributed by atoms with Crippen LogP contribution in [0.5, 0.6) is 0 Å². The summed E-state index contributed by atoms with van der Waals surface area (Å²) in [5, 5.41) is 0.468. The van der Waals surface area contributed by atoms with Gasteiger partial charge in [0.2, 0.25) is 10.0 Å². The zero-order valence-corrected chi connectivity index (χ0v) is 12.7. The smallest absolute Gasteiger partial charge is 0.218 e. The highest BCUT2D eigenvalue weighted by atomic mass is 35.5. The Hall–Kier alpha value is -1.30. The van der Waals surface area contributed by atoms with Crippen molar-refractivity contribution in [2.75, 3.05) is 13.6 Å². The van der Waals surface area contributed by atoms with Crippen LogP contribution in [0.1, 0.15) is 11.3 Å². The topological polar surface area (TPSA) is 50.5 Å². The van der Waals surface area contributed by atoms with Crippen LogP contribution in [-0.2, 0) is 22.2 Å². The molecule has 2 aromatic rings. The maximum atomic E-state index is 12.2. The number of furan rings is 1. The van der Waals surface area contributed by atoms with Crippen molar-refractivity contribution in [2.45, 2.75) is 12.2 Å². The minimum atomic E-state index is -3.38. The number of hydrogen-bond acceptors (Lipinski definition) is 3. The van der Waals surface area contributed by atoms with E-state index >= 15 is 0 Å². The van der Waals surface area contributed by atoms with E-state index in [-0.39, 0.29) is 5.75 Å². The lowest BCUT2D eigenvalue weighted by atomic mass is 10.2. The van der Waals surface area contributed by atoms with Gasteiger partial charge in [-0.2, -0.15) is 0 Å². The second-order valence-corrected chi connectivity index (χ2v) is 6.98. The summed E-state index contributed by atoms with van der Waals surface area (Å²) in [6.07, 6.45) is 2.12. The van der Waals surface area contributed by atoms with Crippen LogP contribution in [0.2, 0.25) is 5.02 Å². The molecule has 1 aromatic carbocycles. The molecule has 4 nitrogen and oxygen atoms in total. The van der Waals surface area contributed by atoms with E-state index in [1.165, 1.54) is 4.31 Å².